The molecule has 1 amide bonds. The highest BCUT2D eigenvalue weighted by Crippen LogP contribution is 2.56. The van der Waals surface area contributed by atoms with Crippen LogP contribution in [-0.4, -0.2) is 32.8 Å². The first-order valence-corrected chi connectivity index (χ1v) is 11.2. The molecule has 1 saturated heterocycles. The summed E-state index contributed by atoms with van der Waals surface area (Å²) < 4.78 is 11.3. The number of rotatable bonds is 5. The number of ether oxygens (including phenoxy) is 2. The fraction of sp³-hybridized carbons (Fsp3) is 0.708. The molecule has 0 unspecified atom stereocenters. The molecule has 6 rings (SSSR count). The lowest BCUT2D eigenvalue weighted by molar-refractivity contribution is -0.138. The fourth-order valence-electron chi connectivity index (χ4n) is 7.11. The van der Waals surface area contributed by atoms with E-state index in [1.165, 1.54) is 37.7 Å². The fourth-order valence-corrected chi connectivity index (χ4v) is 7.11. The summed E-state index contributed by atoms with van der Waals surface area (Å²) in [6.07, 6.45) is 8.43. The van der Waals surface area contributed by atoms with E-state index in [4.69, 9.17) is 9.47 Å². The van der Waals surface area contributed by atoms with E-state index in [1.807, 2.05) is 12.1 Å². The molecule has 4 nitrogen and oxygen atoms in total. The van der Waals surface area contributed by atoms with E-state index in [-0.39, 0.29) is 11.3 Å². The maximum Gasteiger partial charge on any atom is 0.223 e. The van der Waals surface area contributed by atoms with Crippen LogP contribution in [0, 0.1) is 29.6 Å². The lowest BCUT2D eigenvalue weighted by Gasteiger charge is -2.53. The molecular formula is C24H33NO3. The number of carbonyl (C=O) groups excluding carboxylic acids is 1. The van der Waals surface area contributed by atoms with Gasteiger partial charge in [0.1, 0.15) is 5.75 Å². The average Bonchev–Trinajstić information content (AvgIpc) is 2.72. The van der Waals surface area contributed by atoms with Crippen molar-refractivity contribution in [3.63, 3.8) is 0 Å². The van der Waals surface area contributed by atoms with Crippen molar-refractivity contribution in [2.24, 2.45) is 29.6 Å². The smallest absolute Gasteiger partial charge is 0.223 e. The second-order valence-corrected chi connectivity index (χ2v) is 9.77. The molecule has 1 aromatic carbocycles. The number of carbonyl (C=O) groups is 1. The molecule has 4 bridgehead atoms. The molecule has 0 radical (unpaired) electrons. The van der Waals surface area contributed by atoms with Crippen LogP contribution >= 0.6 is 0 Å². The van der Waals surface area contributed by atoms with Crippen molar-refractivity contribution in [3.05, 3.63) is 29.8 Å². The molecule has 0 aromatic heterocycles. The summed E-state index contributed by atoms with van der Waals surface area (Å²) in [4.78, 5) is 13.3. The Morgan fingerprint density at radius 1 is 1.07 bits per heavy atom. The highest BCUT2D eigenvalue weighted by molar-refractivity contribution is 5.80. The molecule has 28 heavy (non-hydrogen) atoms. The SMILES string of the molecule is COc1ccccc1C1(CNC(=O)C2C3CC4CC(C3)CC2C4)CCOCC1. The predicted octanol–water partition coefficient (Wildman–Crippen LogP) is 3.93. The van der Waals surface area contributed by atoms with E-state index in [1.54, 1.807) is 7.11 Å². The zero-order chi connectivity index (χ0) is 19.1. The van der Waals surface area contributed by atoms with Gasteiger partial charge in [-0.05, 0) is 74.7 Å². The minimum Gasteiger partial charge on any atom is -0.496 e. The second kappa shape index (κ2) is 7.37. The Kier molecular flexibility index (Phi) is 4.86. The lowest BCUT2D eigenvalue weighted by Crippen LogP contribution is -2.53. The number of para-hydroxylation sites is 1. The van der Waals surface area contributed by atoms with E-state index >= 15 is 0 Å². The Balaban J connectivity index is 1.34. The first-order valence-electron chi connectivity index (χ1n) is 11.2. The first kappa shape index (κ1) is 18.5. The van der Waals surface area contributed by atoms with Crippen molar-refractivity contribution < 1.29 is 14.3 Å². The summed E-state index contributed by atoms with van der Waals surface area (Å²) >= 11 is 0. The van der Waals surface area contributed by atoms with Gasteiger partial charge in [0.2, 0.25) is 5.91 Å². The number of hydrogen-bond acceptors (Lipinski definition) is 3. The van der Waals surface area contributed by atoms with Gasteiger partial charge in [0.05, 0.1) is 7.11 Å². The third kappa shape index (κ3) is 3.14. The van der Waals surface area contributed by atoms with Crippen LogP contribution in [0.15, 0.2) is 24.3 Å². The Morgan fingerprint density at radius 3 is 2.36 bits per heavy atom. The minimum absolute atomic E-state index is 0.0908. The first-order chi connectivity index (χ1) is 13.7. The summed E-state index contributed by atoms with van der Waals surface area (Å²) in [6, 6.07) is 8.29. The maximum atomic E-state index is 13.3. The summed E-state index contributed by atoms with van der Waals surface area (Å²) in [6.45, 7) is 2.18. The number of nitrogens with one attached hydrogen (secondary N) is 1. The molecule has 1 aromatic rings. The van der Waals surface area contributed by atoms with E-state index in [9.17, 15) is 4.79 Å². The van der Waals surface area contributed by atoms with Gasteiger partial charge >= 0.3 is 0 Å². The third-order valence-corrected chi connectivity index (χ3v) is 8.26. The zero-order valence-corrected chi connectivity index (χ0v) is 17.0. The van der Waals surface area contributed by atoms with Crippen LogP contribution < -0.4 is 10.1 Å². The van der Waals surface area contributed by atoms with Gasteiger partial charge in [0.25, 0.3) is 0 Å². The highest BCUT2D eigenvalue weighted by atomic mass is 16.5. The van der Waals surface area contributed by atoms with Gasteiger partial charge in [0.15, 0.2) is 0 Å². The van der Waals surface area contributed by atoms with Crippen LogP contribution in [0.1, 0.15) is 50.5 Å². The third-order valence-electron chi connectivity index (χ3n) is 8.26. The van der Waals surface area contributed by atoms with Gasteiger partial charge in [-0.2, -0.15) is 0 Å². The number of methoxy groups -OCH3 is 1. The molecule has 1 aliphatic heterocycles. The second-order valence-electron chi connectivity index (χ2n) is 9.77. The zero-order valence-electron chi connectivity index (χ0n) is 17.0. The Labute approximate surface area is 168 Å². The number of benzene rings is 1. The van der Waals surface area contributed by atoms with Gasteiger partial charge in [-0.1, -0.05) is 18.2 Å². The van der Waals surface area contributed by atoms with E-state index in [0.29, 0.717) is 24.3 Å². The Bertz CT molecular complexity index is 696. The molecule has 4 aliphatic carbocycles. The van der Waals surface area contributed by atoms with Gasteiger partial charge in [0, 0.05) is 36.7 Å². The van der Waals surface area contributed by atoms with E-state index < -0.39 is 0 Å². The maximum absolute atomic E-state index is 13.3. The molecule has 4 saturated carbocycles. The molecule has 5 fully saturated rings. The van der Waals surface area contributed by atoms with Crippen molar-refractivity contribution in [1.29, 1.82) is 0 Å². The van der Waals surface area contributed by atoms with Crippen molar-refractivity contribution in [3.8, 4) is 5.75 Å². The summed E-state index contributed by atoms with van der Waals surface area (Å²) in [5.41, 5.74) is 1.12. The number of amides is 1. The summed E-state index contributed by atoms with van der Waals surface area (Å²) in [5.74, 6) is 4.57. The van der Waals surface area contributed by atoms with Gasteiger partial charge in [-0.3, -0.25) is 4.79 Å². The van der Waals surface area contributed by atoms with Crippen LogP contribution in [0.3, 0.4) is 0 Å². The topological polar surface area (TPSA) is 47.6 Å². The van der Waals surface area contributed by atoms with Crippen molar-refractivity contribution in [1.82, 2.24) is 5.32 Å². The standard InChI is InChI=1S/C24H33NO3/c1-27-21-5-3-2-4-20(21)24(6-8-28-9-7-24)15-25-23(26)22-18-11-16-10-17(13-18)14-19(22)12-16/h2-5,16-19,22H,6-15H2,1H3,(H,25,26). The summed E-state index contributed by atoms with van der Waals surface area (Å²) in [5, 5.41) is 3.42. The molecule has 5 aliphatic rings. The molecule has 152 valence electrons. The van der Waals surface area contributed by atoms with E-state index in [0.717, 1.165) is 43.6 Å². The van der Waals surface area contributed by atoms with Crippen LogP contribution in [0.4, 0.5) is 0 Å². The molecule has 1 heterocycles. The molecular weight excluding hydrogens is 350 g/mol. The van der Waals surface area contributed by atoms with Gasteiger partial charge < -0.3 is 14.8 Å². The highest BCUT2D eigenvalue weighted by Gasteiger charge is 2.51. The van der Waals surface area contributed by atoms with Crippen molar-refractivity contribution >= 4 is 5.91 Å². The van der Waals surface area contributed by atoms with Crippen LogP contribution in [0.5, 0.6) is 5.75 Å². The quantitative estimate of drug-likeness (QED) is 0.838. The molecule has 0 spiro atoms. The normalized spacial score (nSPS) is 35.5. The lowest BCUT2D eigenvalue weighted by atomic mass is 9.51. The largest absolute Gasteiger partial charge is 0.496 e. The van der Waals surface area contributed by atoms with Crippen LogP contribution in [-0.2, 0) is 14.9 Å². The monoisotopic (exact) mass is 383 g/mol. The summed E-state index contributed by atoms with van der Waals surface area (Å²) in [7, 11) is 1.74. The molecule has 0 atom stereocenters. The Hall–Kier alpha value is -1.55. The number of hydrogen-bond donors (Lipinski definition) is 1. The minimum atomic E-state index is -0.0908. The molecule has 1 N–H and O–H groups in total. The molecule has 4 heteroatoms. The average molecular weight is 384 g/mol. The van der Waals surface area contributed by atoms with Crippen LogP contribution in [0.25, 0.3) is 0 Å². The van der Waals surface area contributed by atoms with E-state index in [2.05, 4.69) is 17.4 Å². The van der Waals surface area contributed by atoms with Crippen LogP contribution in [0.2, 0.25) is 0 Å². The van der Waals surface area contributed by atoms with Crippen molar-refractivity contribution in [2.45, 2.75) is 50.4 Å². The predicted molar refractivity (Wildman–Crippen MR) is 108 cm³/mol. The Morgan fingerprint density at radius 2 is 1.71 bits per heavy atom. The van der Waals surface area contributed by atoms with Crippen molar-refractivity contribution in [2.75, 3.05) is 26.9 Å². The van der Waals surface area contributed by atoms with Gasteiger partial charge in [-0.25, -0.2) is 0 Å². The van der Waals surface area contributed by atoms with Gasteiger partial charge in [-0.15, -0.1) is 0 Å².